The fraction of sp³-hybridized carbons (Fsp3) is 0.429. The van der Waals surface area contributed by atoms with Crippen molar-refractivity contribution >= 4 is 0 Å². The first kappa shape index (κ1) is 12.6. The smallest absolute Gasteiger partial charge is 0.0592 e. The topological polar surface area (TPSA) is 51.6 Å². The van der Waals surface area contributed by atoms with Gasteiger partial charge in [-0.3, -0.25) is 19.9 Å². The van der Waals surface area contributed by atoms with Gasteiger partial charge < -0.3 is 0 Å². The highest BCUT2D eigenvalue weighted by molar-refractivity contribution is 5.04. The molecule has 2 rings (SSSR count). The number of hydrogen-bond acceptors (Lipinski definition) is 4. The van der Waals surface area contributed by atoms with Crippen LogP contribution in [0.1, 0.15) is 31.7 Å². The molecule has 0 aliphatic carbocycles. The molecule has 0 fully saturated rings. The summed E-state index contributed by atoms with van der Waals surface area (Å²) in [4.78, 5) is 16.9. The maximum atomic E-state index is 4.35. The Bertz CT molecular complexity index is 428. The van der Waals surface area contributed by atoms with E-state index in [0.717, 1.165) is 30.7 Å². The van der Waals surface area contributed by atoms with E-state index in [1.165, 1.54) is 0 Å². The van der Waals surface area contributed by atoms with E-state index in [9.17, 15) is 0 Å². The first-order valence-corrected chi connectivity index (χ1v) is 6.22. The van der Waals surface area contributed by atoms with Crippen LogP contribution in [0.4, 0.5) is 0 Å². The molecule has 0 N–H and O–H groups in total. The molecular weight excluding hydrogens is 224 g/mol. The Labute approximate surface area is 108 Å². The number of hydrogen-bond donors (Lipinski definition) is 0. The van der Waals surface area contributed by atoms with Gasteiger partial charge in [-0.05, 0) is 24.7 Å². The van der Waals surface area contributed by atoms with Crippen LogP contribution < -0.4 is 0 Å². The van der Waals surface area contributed by atoms with E-state index in [1.54, 1.807) is 24.8 Å². The van der Waals surface area contributed by atoms with Crippen molar-refractivity contribution in [2.24, 2.45) is 5.41 Å². The summed E-state index contributed by atoms with van der Waals surface area (Å²) in [5.74, 6) is 0. The minimum absolute atomic E-state index is 0.145. The second kappa shape index (κ2) is 5.67. The summed E-state index contributed by atoms with van der Waals surface area (Å²) >= 11 is 0. The van der Waals surface area contributed by atoms with Crippen molar-refractivity contribution in [3.63, 3.8) is 0 Å². The van der Waals surface area contributed by atoms with Crippen LogP contribution in [0.5, 0.6) is 0 Å². The lowest BCUT2D eigenvalue weighted by Crippen LogP contribution is -2.23. The Morgan fingerprint density at radius 3 is 1.72 bits per heavy atom. The molecule has 18 heavy (non-hydrogen) atoms. The second-order valence-corrected chi connectivity index (χ2v) is 4.91. The molecule has 0 saturated heterocycles. The van der Waals surface area contributed by atoms with Gasteiger partial charge in [0.05, 0.1) is 11.4 Å². The largest absolute Gasteiger partial charge is 0.261 e. The van der Waals surface area contributed by atoms with Gasteiger partial charge in [0.1, 0.15) is 0 Å². The number of aromatic nitrogens is 4. The highest BCUT2D eigenvalue weighted by Gasteiger charge is 2.24. The molecule has 0 aliphatic rings. The van der Waals surface area contributed by atoms with Crippen LogP contribution in [-0.2, 0) is 12.8 Å². The maximum Gasteiger partial charge on any atom is 0.0592 e. The normalized spacial score (nSPS) is 11.4. The van der Waals surface area contributed by atoms with E-state index >= 15 is 0 Å². The van der Waals surface area contributed by atoms with E-state index in [4.69, 9.17) is 0 Å². The maximum absolute atomic E-state index is 4.35. The van der Waals surface area contributed by atoms with Crippen molar-refractivity contribution in [3.8, 4) is 0 Å². The monoisotopic (exact) mass is 242 g/mol. The third kappa shape index (κ3) is 3.32. The van der Waals surface area contributed by atoms with Crippen molar-refractivity contribution in [1.82, 2.24) is 19.9 Å². The molecule has 0 saturated carbocycles. The molecule has 0 radical (unpaired) electrons. The van der Waals surface area contributed by atoms with Crippen molar-refractivity contribution in [2.45, 2.75) is 33.1 Å². The Hall–Kier alpha value is -1.84. The number of rotatable bonds is 5. The molecule has 2 heterocycles. The zero-order chi connectivity index (χ0) is 12.8. The predicted octanol–water partition coefficient (Wildman–Crippen LogP) is 2.47. The lowest BCUT2D eigenvalue weighted by atomic mass is 9.79. The van der Waals surface area contributed by atoms with Crippen LogP contribution in [0.25, 0.3) is 0 Å². The van der Waals surface area contributed by atoms with Gasteiger partial charge in [-0.25, -0.2) is 0 Å². The van der Waals surface area contributed by atoms with E-state index in [-0.39, 0.29) is 5.41 Å². The lowest BCUT2D eigenvalue weighted by molar-refractivity contribution is 0.299. The Morgan fingerprint density at radius 2 is 1.39 bits per heavy atom. The van der Waals surface area contributed by atoms with E-state index in [0.29, 0.717) is 0 Å². The van der Waals surface area contributed by atoms with Gasteiger partial charge in [-0.1, -0.05) is 13.8 Å². The third-order valence-electron chi connectivity index (χ3n) is 3.30. The van der Waals surface area contributed by atoms with Gasteiger partial charge in [0.15, 0.2) is 0 Å². The van der Waals surface area contributed by atoms with Gasteiger partial charge in [-0.2, -0.15) is 0 Å². The number of nitrogens with zero attached hydrogens (tertiary/aromatic N) is 4. The van der Waals surface area contributed by atoms with Crippen LogP contribution >= 0.6 is 0 Å². The van der Waals surface area contributed by atoms with E-state index < -0.39 is 0 Å². The Kier molecular flexibility index (Phi) is 3.97. The summed E-state index contributed by atoms with van der Waals surface area (Å²) in [6, 6.07) is 0. The molecule has 0 atom stereocenters. The first-order valence-electron chi connectivity index (χ1n) is 6.22. The Balaban J connectivity index is 2.11. The van der Waals surface area contributed by atoms with Gasteiger partial charge in [0.2, 0.25) is 0 Å². The van der Waals surface area contributed by atoms with Crippen LogP contribution in [0, 0.1) is 5.41 Å². The predicted molar refractivity (Wildman–Crippen MR) is 69.9 cm³/mol. The van der Waals surface area contributed by atoms with E-state index in [2.05, 4.69) is 33.8 Å². The van der Waals surface area contributed by atoms with Crippen molar-refractivity contribution in [2.75, 3.05) is 0 Å². The molecule has 0 unspecified atom stereocenters. The Morgan fingerprint density at radius 1 is 0.889 bits per heavy atom. The molecule has 94 valence electrons. The molecule has 0 bridgehead atoms. The second-order valence-electron chi connectivity index (χ2n) is 4.91. The zero-order valence-electron chi connectivity index (χ0n) is 10.9. The lowest BCUT2D eigenvalue weighted by Gasteiger charge is -2.27. The molecule has 0 aliphatic heterocycles. The molecule has 4 heteroatoms. The fourth-order valence-corrected chi connectivity index (χ4v) is 2.03. The summed E-state index contributed by atoms with van der Waals surface area (Å²) in [5, 5.41) is 0. The van der Waals surface area contributed by atoms with E-state index in [1.807, 2.05) is 12.4 Å². The molecule has 0 aromatic carbocycles. The molecule has 0 amide bonds. The summed E-state index contributed by atoms with van der Waals surface area (Å²) in [5.41, 5.74) is 2.21. The van der Waals surface area contributed by atoms with Crippen molar-refractivity contribution in [3.05, 3.63) is 48.6 Å². The summed E-state index contributed by atoms with van der Waals surface area (Å²) in [6.07, 6.45) is 13.5. The first-order chi connectivity index (χ1) is 8.72. The highest BCUT2D eigenvalue weighted by Crippen LogP contribution is 2.29. The minimum atomic E-state index is 0.145. The van der Waals surface area contributed by atoms with Gasteiger partial charge >= 0.3 is 0 Å². The highest BCUT2D eigenvalue weighted by atomic mass is 14.8. The molecular formula is C14H18N4. The van der Waals surface area contributed by atoms with Crippen LogP contribution in [-0.4, -0.2) is 19.9 Å². The van der Waals surface area contributed by atoms with Crippen LogP contribution in [0.15, 0.2) is 37.2 Å². The fourth-order valence-electron chi connectivity index (χ4n) is 2.03. The zero-order valence-corrected chi connectivity index (χ0v) is 10.9. The SMILES string of the molecule is CCC(C)(Cc1cnccn1)Cc1cnccn1. The minimum Gasteiger partial charge on any atom is -0.261 e. The quantitative estimate of drug-likeness (QED) is 0.808. The molecule has 2 aromatic rings. The summed E-state index contributed by atoms with van der Waals surface area (Å²) < 4.78 is 0. The van der Waals surface area contributed by atoms with Gasteiger partial charge in [-0.15, -0.1) is 0 Å². The summed E-state index contributed by atoms with van der Waals surface area (Å²) in [6.45, 7) is 4.46. The third-order valence-corrected chi connectivity index (χ3v) is 3.30. The van der Waals surface area contributed by atoms with Crippen molar-refractivity contribution < 1.29 is 0 Å². The molecule has 0 spiro atoms. The van der Waals surface area contributed by atoms with Crippen molar-refractivity contribution in [1.29, 1.82) is 0 Å². The van der Waals surface area contributed by atoms with Gasteiger partial charge in [0, 0.05) is 37.2 Å². The average Bonchev–Trinajstić information content (AvgIpc) is 2.41. The van der Waals surface area contributed by atoms with Crippen LogP contribution in [0.3, 0.4) is 0 Å². The standard InChI is InChI=1S/C14H18N4/c1-3-14(2,8-12-10-15-4-6-17-12)9-13-11-16-5-7-18-13/h4-7,10-11H,3,8-9H2,1-2H3. The summed E-state index contributed by atoms with van der Waals surface area (Å²) in [7, 11) is 0. The van der Waals surface area contributed by atoms with Crippen LogP contribution in [0.2, 0.25) is 0 Å². The average molecular weight is 242 g/mol. The molecule has 2 aromatic heterocycles. The molecule has 4 nitrogen and oxygen atoms in total. The van der Waals surface area contributed by atoms with Gasteiger partial charge in [0.25, 0.3) is 0 Å².